The van der Waals surface area contributed by atoms with Crippen molar-refractivity contribution in [1.29, 1.82) is 0 Å². The van der Waals surface area contributed by atoms with Gasteiger partial charge in [-0.1, -0.05) is 42.5 Å². The number of likely N-dealkylation sites (tertiary alicyclic amines) is 1. The number of nitrogens with zero attached hydrogens (tertiary/aromatic N) is 3. The van der Waals surface area contributed by atoms with E-state index in [4.69, 9.17) is 4.98 Å². The Morgan fingerprint density at radius 1 is 0.968 bits per heavy atom. The van der Waals surface area contributed by atoms with E-state index in [-0.39, 0.29) is 18.4 Å². The van der Waals surface area contributed by atoms with E-state index >= 15 is 0 Å². The van der Waals surface area contributed by atoms with E-state index in [1.165, 1.54) is 12.5 Å². The van der Waals surface area contributed by atoms with Crippen LogP contribution in [0, 0.1) is 0 Å². The molecule has 0 aliphatic carbocycles. The number of carbonyl (C=O) groups is 2. The van der Waals surface area contributed by atoms with Crippen molar-refractivity contribution in [2.75, 3.05) is 19.6 Å². The van der Waals surface area contributed by atoms with Gasteiger partial charge in [0, 0.05) is 32.1 Å². The maximum Gasteiger partial charge on any atom is 0.244 e. The average Bonchev–Trinajstić information content (AvgIpc) is 3.16. The van der Waals surface area contributed by atoms with Gasteiger partial charge in [0.2, 0.25) is 11.8 Å². The lowest BCUT2D eigenvalue weighted by Gasteiger charge is -2.27. The summed E-state index contributed by atoms with van der Waals surface area (Å²) in [5.41, 5.74) is 2.81. The molecule has 3 aromatic rings. The first-order valence-corrected chi connectivity index (χ1v) is 10.9. The van der Waals surface area contributed by atoms with Gasteiger partial charge < -0.3 is 14.8 Å². The van der Waals surface area contributed by atoms with Crippen LogP contribution in [0.4, 0.5) is 0 Å². The molecular weight excluding hydrogens is 388 g/mol. The van der Waals surface area contributed by atoms with Gasteiger partial charge in [0.05, 0.1) is 11.0 Å². The predicted molar refractivity (Wildman–Crippen MR) is 122 cm³/mol. The SMILES string of the molecule is O=C(/C=C/c1ccccc1)NCCc1nc2ccccc2n1CC(=O)N1CCCCC1. The molecule has 1 aromatic heterocycles. The third-order valence-electron chi connectivity index (χ3n) is 5.61. The molecule has 2 heterocycles. The number of hydrogen-bond acceptors (Lipinski definition) is 3. The van der Waals surface area contributed by atoms with E-state index in [1.807, 2.05) is 64.1 Å². The lowest BCUT2D eigenvalue weighted by atomic mass is 10.1. The van der Waals surface area contributed by atoms with E-state index < -0.39 is 0 Å². The summed E-state index contributed by atoms with van der Waals surface area (Å²) in [6.07, 6.45) is 7.24. The van der Waals surface area contributed by atoms with Gasteiger partial charge in [0.1, 0.15) is 12.4 Å². The van der Waals surface area contributed by atoms with Crippen molar-refractivity contribution in [3.05, 3.63) is 72.1 Å². The number of aromatic nitrogens is 2. The number of amides is 2. The van der Waals surface area contributed by atoms with E-state index in [1.54, 1.807) is 6.08 Å². The largest absolute Gasteiger partial charge is 0.352 e. The van der Waals surface area contributed by atoms with Crippen LogP contribution in [0.2, 0.25) is 0 Å². The molecule has 1 fully saturated rings. The van der Waals surface area contributed by atoms with Gasteiger partial charge >= 0.3 is 0 Å². The van der Waals surface area contributed by atoms with Gasteiger partial charge in [-0.3, -0.25) is 9.59 Å². The van der Waals surface area contributed by atoms with Crippen LogP contribution in [0.25, 0.3) is 17.1 Å². The monoisotopic (exact) mass is 416 g/mol. The number of benzene rings is 2. The summed E-state index contributed by atoms with van der Waals surface area (Å²) in [5, 5.41) is 2.92. The Bertz CT molecular complexity index is 1070. The highest BCUT2D eigenvalue weighted by Crippen LogP contribution is 2.18. The molecule has 0 saturated carbocycles. The van der Waals surface area contributed by atoms with Crippen LogP contribution in [-0.4, -0.2) is 45.9 Å². The van der Waals surface area contributed by atoms with Gasteiger partial charge in [-0.2, -0.15) is 0 Å². The lowest BCUT2D eigenvalue weighted by molar-refractivity contribution is -0.132. The Kier molecular flexibility index (Phi) is 6.77. The zero-order chi connectivity index (χ0) is 21.5. The third kappa shape index (κ3) is 5.40. The van der Waals surface area contributed by atoms with Crippen LogP contribution in [0.1, 0.15) is 30.7 Å². The van der Waals surface area contributed by atoms with E-state index in [0.717, 1.165) is 48.4 Å². The number of carbonyl (C=O) groups excluding carboxylic acids is 2. The fourth-order valence-electron chi connectivity index (χ4n) is 3.96. The molecular formula is C25H28N4O2. The van der Waals surface area contributed by atoms with E-state index in [2.05, 4.69) is 5.32 Å². The molecule has 0 atom stereocenters. The molecule has 2 amide bonds. The van der Waals surface area contributed by atoms with Crippen LogP contribution < -0.4 is 5.32 Å². The van der Waals surface area contributed by atoms with Crippen LogP contribution in [0.5, 0.6) is 0 Å². The average molecular weight is 417 g/mol. The van der Waals surface area contributed by atoms with Crippen molar-refractivity contribution in [1.82, 2.24) is 19.8 Å². The van der Waals surface area contributed by atoms with Crippen LogP contribution >= 0.6 is 0 Å². The second-order valence-electron chi connectivity index (χ2n) is 7.83. The number of imidazole rings is 1. The molecule has 0 bridgehead atoms. The molecule has 1 aliphatic rings. The van der Waals surface area contributed by atoms with Crippen molar-refractivity contribution in [3.63, 3.8) is 0 Å². The van der Waals surface area contributed by atoms with Crippen molar-refractivity contribution in [3.8, 4) is 0 Å². The third-order valence-corrected chi connectivity index (χ3v) is 5.61. The van der Waals surface area contributed by atoms with Crippen molar-refractivity contribution < 1.29 is 9.59 Å². The Morgan fingerprint density at radius 2 is 1.71 bits per heavy atom. The first kappa shape index (κ1) is 20.8. The summed E-state index contributed by atoms with van der Waals surface area (Å²) in [7, 11) is 0. The molecule has 160 valence electrons. The summed E-state index contributed by atoms with van der Waals surface area (Å²) >= 11 is 0. The second-order valence-corrected chi connectivity index (χ2v) is 7.83. The summed E-state index contributed by atoms with van der Waals surface area (Å²) in [4.78, 5) is 31.7. The molecule has 2 aromatic carbocycles. The van der Waals surface area contributed by atoms with E-state index in [0.29, 0.717) is 13.0 Å². The number of para-hydroxylation sites is 2. The highest BCUT2D eigenvalue weighted by atomic mass is 16.2. The molecule has 6 heteroatoms. The fraction of sp³-hybridized carbons (Fsp3) is 0.320. The van der Waals surface area contributed by atoms with Gasteiger partial charge in [0.15, 0.2) is 0 Å². The van der Waals surface area contributed by atoms with Gasteiger partial charge in [-0.15, -0.1) is 0 Å². The number of hydrogen-bond donors (Lipinski definition) is 1. The lowest BCUT2D eigenvalue weighted by Crippen LogP contribution is -2.38. The molecule has 31 heavy (non-hydrogen) atoms. The maximum atomic E-state index is 12.9. The highest BCUT2D eigenvalue weighted by molar-refractivity contribution is 5.91. The molecule has 6 nitrogen and oxygen atoms in total. The Hall–Kier alpha value is -3.41. The van der Waals surface area contributed by atoms with Gasteiger partial charge in [0.25, 0.3) is 0 Å². The number of rotatable bonds is 7. The quantitative estimate of drug-likeness (QED) is 0.600. The number of fused-ring (bicyclic) bond motifs is 1. The first-order chi connectivity index (χ1) is 15.2. The standard InChI is InChI=1S/C25H28N4O2/c30-24(14-13-20-9-3-1-4-10-20)26-16-15-23-27-21-11-5-6-12-22(21)29(23)19-25(31)28-17-7-2-8-18-28/h1,3-6,9-14H,2,7-8,15-19H2,(H,26,30)/b14-13+. The van der Waals surface area contributed by atoms with Crippen molar-refractivity contribution >= 4 is 28.9 Å². The summed E-state index contributed by atoms with van der Waals surface area (Å²) < 4.78 is 2.00. The van der Waals surface area contributed by atoms with Crippen LogP contribution in [-0.2, 0) is 22.6 Å². The molecule has 4 rings (SSSR count). The summed E-state index contributed by atoms with van der Waals surface area (Å²) in [6, 6.07) is 17.6. The first-order valence-electron chi connectivity index (χ1n) is 10.9. The molecule has 0 unspecified atom stereocenters. The maximum absolute atomic E-state index is 12.9. The fourth-order valence-corrected chi connectivity index (χ4v) is 3.96. The summed E-state index contributed by atoms with van der Waals surface area (Å²) in [5.74, 6) is 0.814. The van der Waals surface area contributed by atoms with Gasteiger partial charge in [-0.05, 0) is 43.0 Å². The smallest absolute Gasteiger partial charge is 0.244 e. The minimum Gasteiger partial charge on any atom is -0.352 e. The van der Waals surface area contributed by atoms with Crippen molar-refractivity contribution in [2.45, 2.75) is 32.2 Å². The van der Waals surface area contributed by atoms with Crippen molar-refractivity contribution in [2.24, 2.45) is 0 Å². The Morgan fingerprint density at radius 3 is 2.52 bits per heavy atom. The molecule has 1 aliphatic heterocycles. The second kappa shape index (κ2) is 10.1. The summed E-state index contributed by atoms with van der Waals surface area (Å²) in [6.45, 7) is 2.42. The van der Waals surface area contributed by atoms with Crippen LogP contribution in [0.3, 0.4) is 0 Å². The topological polar surface area (TPSA) is 67.2 Å². The minimum atomic E-state index is -0.143. The Balaban J connectivity index is 1.41. The van der Waals surface area contributed by atoms with Gasteiger partial charge in [-0.25, -0.2) is 4.98 Å². The van der Waals surface area contributed by atoms with E-state index in [9.17, 15) is 9.59 Å². The zero-order valence-electron chi connectivity index (χ0n) is 17.7. The molecule has 0 radical (unpaired) electrons. The number of piperidine rings is 1. The normalized spacial score (nSPS) is 14.3. The predicted octanol–water partition coefficient (Wildman–Crippen LogP) is 3.42. The van der Waals surface area contributed by atoms with Crippen LogP contribution in [0.15, 0.2) is 60.7 Å². The highest BCUT2D eigenvalue weighted by Gasteiger charge is 2.19. The molecule has 1 saturated heterocycles. The minimum absolute atomic E-state index is 0.138. The molecule has 1 N–H and O–H groups in total. The number of nitrogens with one attached hydrogen (secondary N) is 1. The zero-order valence-corrected chi connectivity index (χ0v) is 17.7. The molecule has 0 spiro atoms. The Labute approximate surface area is 182 Å².